The van der Waals surface area contributed by atoms with Gasteiger partial charge in [0.05, 0.1) is 0 Å². The van der Waals surface area contributed by atoms with Crippen molar-refractivity contribution in [2.24, 2.45) is 11.8 Å². The lowest BCUT2D eigenvalue weighted by atomic mass is 9.81. The first-order chi connectivity index (χ1) is 9.78. The SMILES string of the molecule is CCCNc1cc(NCCC2CCC(C)CC2)ccn1. The first-order valence-corrected chi connectivity index (χ1v) is 8.21. The summed E-state index contributed by atoms with van der Waals surface area (Å²) in [5.74, 6) is 2.85. The van der Waals surface area contributed by atoms with Gasteiger partial charge in [0.15, 0.2) is 0 Å². The Balaban J connectivity index is 1.70. The lowest BCUT2D eigenvalue weighted by molar-refractivity contribution is 0.282. The summed E-state index contributed by atoms with van der Waals surface area (Å²) in [6.45, 7) is 6.61. The fourth-order valence-electron chi connectivity index (χ4n) is 2.93. The molecule has 2 N–H and O–H groups in total. The summed E-state index contributed by atoms with van der Waals surface area (Å²) in [6, 6.07) is 4.17. The van der Waals surface area contributed by atoms with E-state index in [1.165, 1.54) is 37.8 Å². The molecule has 0 bridgehead atoms. The van der Waals surface area contributed by atoms with Crippen LogP contribution in [0.5, 0.6) is 0 Å². The van der Waals surface area contributed by atoms with E-state index in [1.807, 2.05) is 6.20 Å². The van der Waals surface area contributed by atoms with Crippen molar-refractivity contribution >= 4 is 11.5 Å². The summed E-state index contributed by atoms with van der Waals surface area (Å²) in [4.78, 5) is 4.33. The number of rotatable bonds is 7. The Morgan fingerprint density at radius 1 is 1.15 bits per heavy atom. The topological polar surface area (TPSA) is 37.0 Å². The number of hydrogen-bond donors (Lipinski definition) is 2. The third-order valence-corrected chi connectivity index (χ3v) is 4.33. The molecule has 0 saturated heterocycles. The van der Waals surface area contributed by atoms with Gasteiger partial charge in [-0.2, -0.15) is 0 Å². The summed E-state index contributed by atoms with van der Waals surface area (Å²) in [5.41, 5.74) is 1.18. The van der Waals surface area contributed by atoms with E-state index in [2.05, 4.69) is 41.6 Å². The molecule has 0 radical (unpaired) electrons. The molecule has 0 aromatic carbocycles. The average molecular weight is 275 g/mol. The van der Waals surface area contributed by atoms with Crippen molar-refractivity contribution in [3.8, 4) is 0 Å². The van der Waals surface area contributed by atoms with E-state index in [-0.39, 0.29) is 0 Å². The van der Waals surface area contributed by atoms with Crippen molar-refractivity contribution in [1.82, 2.24) is 4.98 Å². The van der Waals surface area contributed by atoms with Gasteiger partial charge < -0.3 is 10.6 Å². The molecule has 3 nitrogen and oxygen atoms in total. The molecule has 1 heterocycles. The van der Waals surface area contributed by atoms with Crippen molar-refractivity contribution < 1.29 is 0 Å². The Kier molecular flexibility index (Phi) is 6.16. The van der Waals surface area contributed by atoms with Crippen LogP contribution in [0.1, 0.15) is 52.4 Å². The maximum Gasteiger partial charge on any atom is 0.127 e. The third-order valence-electron chi connectivity index (χ3n) is 4.33. The van der Waals surface area contributed by atoms with Crippen LogP contribution in [0.15, 0.2) is 18.3 Å². The number of nitrogens with zero attached hydrogens (tertiary/aromatic N) is 1. The highest BCUT2D eigenvalue weighted by Crippen LogP contribution is 2.30. The summed E-state index contributed by atoms with van der Waals surface area (Å²) in [5, 5.41) is 6.87. The van der Waals surface area contributed by atoms with Crippen LogP contribution >= 0.6 is 0 Å². The first kappa shape index (κ1) is 15.1. The number of nitrogens with one attached hydrogen (secondary N) is 2. The molecule has 0 amide bonds. The van der Waals surface area contributed by atoms with Crippen LogP contribution in [0.4, 0.5) is 11.5 Å². The molecule has 3 heteroatoms. The van der Waals surface area contributed by atoms with E-state index < -0.39 is 0 Å². The van der Waals surface area contributed by atoms with Crippen molar-refractivity contribution in [2.75, 3.05) is 23.7 Å². The zero-order chi connectivity index (χ0) is 14.2. The lowest BCUT2D eigenvalue weighted by Gasteiger charge is -2.26. The van der Waals surface area contributed by atoms with Crippen LogP contribution in [0.2, 0.25) is 0 Å². The van der Waals surface area contributed by atoms with Crippen molar-refractivity contribution in [2.45, 2.75) is 52.4 Å². The molecule has 1 fully saturated rings. The van der Waals surface area contributed by atoms with Crippen molar-refractivity contribution in [3.05, 3.63) is 18.3 Å². The number of pyridine rings is 1. The summed E-state index contributed by atoms with van der Waals surface area (Å²) >= 11 is 0. The van der Waals surface area contributed by atoms with Crippen molar-refractivity contribution in [1.29, 1.82) is 0 Å². The van der Waals surface area contributed by atoms with E-state index in [1.54, 1.807) is 0 Å². The second-order valence-corrected chi connectivity index (χ2v) is 6.20. The van der Waals surface area contributed by atoms with E-state index in [0.29, 0.717) is 0 Å². The molecule has 0 spiro atoms. The molecular weight excluding hydrogens is 246 g/mol. The fraction of sp³-hybridized carbons (Fsp3) is 0.706. The molecule has 1 aliphatic carbocycles. The predicted molar refractivity (Wildman–Crippen MR) is 87.2 cm³/mol. The van der Waals surface area contributed by atoms with E-state index in [9.17, 15) is 0 Å². The van der Waals surface area contributed by atoms with Gasteiger partial charge in [-0.05, 0) is 30.7 Å². The molecule has 0 aliphatic heterocycles. The Hall–Kier alpha value is -1.25. The quantitative estimate of drug-likeness (QED) is 0.767. The predicted octanol–water partition coefficient (Wildman–Crippen LogP) is 4.53. The fourth-order valence-corrected chi connectivity index (χ4v) is 2.93. The minimum Gasteiger partial charge on any atom is -0.385 e. The molecule has 2 rings (SSSR count). The zero-order valence-corrected chi connectivity index (χ0v) is 13.0. The van der Waals surface area contributed by atoms with E-state index >= 15 is 0 Å². The van der Waals surface area contributed by atoms with Gasteiger partial charge in [0, 0.05) is 31.0 Å². The molecule has 1 aromatic heterocycles. The second-order valence-electron chi connectivity index (χ2n) is 6.20. The van der Waals surface area contributed by atoms with Crippen LogP contribution in [0, 0.1) is 11.8 Å². The summed E-state index contributed by atoms with van der Waals surface area (Å²) < 4.78 is 0. The molecule has 20 heavy (non-hydrogen) atoms. The highest BCUT2D eigenvalue weighted by molar-refractivity contribution is 5.51. The second kappa shape index (κ2) is 8.13. The minimum absolute atomic E-state index is 0.929. The minimum atomic E-state index is 0.929. The molecule has 0 atom stereocenters. The third kappa shape index (κ3) is 5.03. The first-order valence-electron chi connectivity index (χ1n) is 8.21. The van der Waals surface area contributed by atoms with Gasteiger partial charge >= 0.3 is 0 Å². The maximum absolute atomic E-state index is 4.33. The summed E-state index contributed by atoms with van der Waals surface area (Å²) in [7, 11) is 0. The van der Waals surface area contributed by atoms with Crippen molar-refractivity contribution in [3.63, 3.8) is 0 Å². The highest BCUT2D eigenvalue weighted by Gasteiger charge is 2.17. The van der Waals surface area contributed by atoms with Gasteiger partial charge in [0.2, 0.25) is 0 Å². The van der Waals surface area contributed by atoms with Gasteiger partial charge in [0.25, 0.3) is 0 Å². The highest BCUT2D eigenvalue weighted by atomic mass is 15.0. The van der Waals surface area contributed by atoms with Crippen LogP contribution in [0.3, 0.4) is 0 Å². The zero-order valence-electron chi connectivity index (χ0n) is 13.0. The van der Waals surface area contributed by atoms with Gasteiger partial charge in [-0.25, -0.2) is 4.98 Å². The normalized spacial score (nSPS) is 22.5. The molecular formula is C17H29N3. The van der Waals surface area contributed by atoms with Crippen LogP contribution in [-0.4, -0.2) is 18.1 Å². The molecule has 1 aromatic rings. The van der Waals surface area contributed by atoms with Gasteiger partial charge in [-0.3, -0.25) is 0 Å². The maximum atomic E-state index is 4.33. The Morgan fingerprint density at radius 3 is 2.70 bits per heavy atom. The Morgan fingerprint density at radius 2 is 1.95 bits per heavy atom. The summed E-state index contributed by atoms with van der Waals surface area (Å²) in [6.07, 6.45) is 9.98. The van der Waals surface area contributed by atoms with E-state index in [4.69, 9.17) is 0 Å². The standard InChI is InChI=1S/C17H29N3/c1-3-10-19-17-13-16(9-12-20-17)18-11-8-15-6-4-14(2)5-7-15/h9,12-15H,3-8,10-11H2,1-2H3,(H2,18,19,20). The molecule has 0 unspecified atom stereocenters. The van der Waals surface area contributed by atoms with Crippen LogP contribution in [-0.2, 0) is 0 Å². The Bertz CT molecular complexity index is 384. The number of hydrogen-bond acceptors (Lipinski definition) is 3. The lowest BCUT2D eigenvalue weighted by Crippen LogP contribution is -2.15. The molecule has 112 valence electrons. The number of aromatic nitrogens is 1. The van der Waals surface area contributed by atoms with Crippen LogP contribution < -0.4 is 10.6 Å². The number of anilines is 2. The monoisotopic (exact) mass is 275 g/mol. The molecule has 1 saturated carbocycles. The largest absolute Gasteiger partial charge is 0.385 e. The molecule has 1 aliphatic rings. The van der Waals surface area contributed by atoms with Gasteiger partial charge in [-0.15, -0.1) is 0 Å². The average Bonchev–Trinajstić information content (AvgIpc) is 2.48. The van der Waals surface area contributed by atoms with Gasteiger partial charge in [0.1, 0.15) is 5.82 Å². The van der Waals surface area contributed by atoms with Crippen LogP contribution in [0.25, 0.3) is 0 Å². The van der Waals surface area contributed by atoms with Gasteiger partial charge in [-0.1, -0.05) is 39.5 Å². The smallest absolute Gasteiger partial charge is 0.127 e. The Labute approximate surface area is 123 Å². The van der Waals surface area contributed by atoms with E-state index in [0.717, 1.165) is 37.2 Å².